The van der Waals surface area contributed by atoms with E-state index in [0.717, 1.165) is 25.7 Å². The van der Waals surface area contributed by atoms with Crippen LogP contribution in [0.4, 0.5) is 0 Å². The maximum absolute atomic E-state index is 11.2. The molecule has 3 nitrogen and oxygen atoms in total. The molecule has 0 saturated carbocycles. The van der Waals surface area contributed by atoms with Crippen LogP contribution in [0, 0.1) is 0 Å². The number of unbranched alkanes of at least 4 members (excludes halogenated alkanes) is 1. The van der Waals surface area contributed by atoms with Gasteiger partial charge in [-0.15, -0.1) is 0 Å². The molecule has 0 fully saturated rings. The second-order valence-corrected chi connectivity index (χ2v) is 3.11. The van der Waals surface area contributed by atoms with E-state index < -0.39 is 0 Å². The summed E-state index contributed by atoms with van der Waals surface area (Å²) >= 11 is 0. The van der Waals surface area contributed by atoms with Gasteiger partial charge in [0, 0.05) is 6.42 Å². The van der Waals surface area contributed by atoms with Crippen LogP contribution in [0.25, 0.3) is 0 Å². The third kappa shape index (κ3) is 5.27. The van der Waals surface area contributed by atoms with Gasteiger partial charge in [0.2, 0.25) is 0 Å². The number of hydrogen-bond donors (Lipinski definition) is 2. The fourth-order valence-electron chi connectivity index (χ4n) is 1.10. The summed E-state index contributed by atoms with van der Waals surface area (Å²) in [6.07, 6.45) is 4.23. The van der Waals surface area contributed by atoms with Crippen LogP contribution in [0.2, 0.25) is 0 Å². The Bertz CT molecular complexity index is 126. The fourth-order valence-corrected chi connectivity index (χ4v) is 1.10. The minimum Gasteiger partial charge on any atom is -0.330 e. The Kier molecular flexibility index (Phi) is 7.00. The van der Waals surface area contributed by atoms with Crippen LogP contribution in [0.15, 0.2) is 0 Å². The van der Waals surface area contributed by atoms with Crippen LogP contribution in [-0.2, 0) is 4.79 Å². The maximum Gasteiger partial charge on any atom is 0.149 e. The summed E-state index contributed by atoms with van der Waals surface area (Å²) in [6, 6.07) is -0.253. The van der Waals surface area contributed by atoms with Gasteiger partial charge in [0.05, 0.1) is 6.04 Å². The average molecular weight is 172 g/mol. The summed E-state index contributed by atoms with van der Waals surface area (Å²) in [5.74, 6) is 0.189. The van der Waals surface area contributed by atoms with Crippen molar-refractivity contribution in [2.45, 2.75) is 45.1 Å². The van der Waals surface area contributed by atoms with Gasteiger partial charge < -0.3 is 11.5 Å². The van der Waals surface area contributed by atoms with E-state index in [1.54, 1.807) is 0 Å². The molecule has 0 saturated heterocycles. The first kappa shape index (κ1) is 11.6. The van der Waals surface area contributed by atoms with Crippen molar-refractivity contribution in [1.82, 2.24) is 0 Å². The molecule has 0 aliphatic carbocycles. The molecular formula is C9H20N2O. The first-order valence-electron chi connectivity index (χ1n) is 4.70. The zero-order valence-corrected chi connectivity index (χ0v) is 7.88. The quantitative estimate of drug-likeness (QED) is 0.558. The van der Waals surface area contributed by atoms with Crippen LogP contribution >= 0.6 is 0 Å². The molecule has 0 rings (SSSR count). The third-order valence-corrected chi connectivity index (χ3v) is 1.88. The van der Waals surface area contributed by atoms with E-state index in [1.807, 2.05) is 6.92 Å². The lowest BCUT2D eigenvalue weighted by atomic mass is 10.0. The lowest BCUT2D eigenvalue weighted by molar-refractivity contribution is -0.120. The number of nitrogens with two attached hydrogens (primary N) is 2. The number of Topliss-reactive ketones (excluding diaryl/α,β-unsaturated/α-hetero) is 1. The molecule has 3 heteroatoms. The topological polar surface area (TPSA) is 69.1 Å². The van der Waals surface area contributed by atoms with Crippen LogP contribution < -0.4 is 11.5 Å². The van der Waals surface area contributed by atoms with E-state index in [0.29, 0.717) is 13.0 Å². The predicted octanol–water partition coefficient (Wildman–Crippen LogP) is 0.812. The van der Waals surface area contributed by atoms with E-state index in [9.17, 15) is 4.79 Å². The van der Waals surface area contributed by atoms with E-state index in [-0.39, 0.29) is 11.8 Å². The van der Waals surface area contributed by atoms with Crippen molar-refractivity contribution in [2.24, 2.45) is 11.5 Å². The molecular weight excluding hydrogens is 152 g/mol. The predicted molar refractivity (Wildman–Crippen MR) is 50.8 cm³/mol. The van der Waals surface area contributed by atoms with Crippen molar-refractivity contribution >= 4 is 5.78 Å². The Balaban J connectivity index is 3.42. The molecule has 0 aromatic heterocycles. The number of carbonyl (C=O) groups excluding carboxylic acids is 1. The van der Waals surface area contributed by atoms with E-state index in [4.69, 9.17) is 11.5 Å². The zero-order valence-electron chi connectivity index (χ0n) is 7.88. The number of rotatable bonds is 7. The highest BCUT2D eigenvalue weighted by atomic mass is 16.1. The van der Waals surface area contributed by atoms with Crippen LogP contribution in [0.1, 0.15) is 39.0 Å². The lowest BCUT2D eigenvalue weighted by Crippen LogP contribution is -2.30. The molecule has 1 atom stereocenters. The number of ketones is 1. The second kappa shape index (κ2) is 7.25. The molecule has 4 N–H and O–H groups in total. The Labute approximate surface area is 74.5 Å². The minimum atomic E-state index is -0.253. The van der Waals surface area contributed by atoms with Crippen LogP contribution in [0.5, 0.6) is 0 Å². The molecule has 0 radical (unpaired) electrons. The molecule has 0 aromatic carbocycles. The molecule has 0 heterocycles. The smallest absolute Gasteiger partial charge is 0.149 e. The number of carbonyl (C=O) groups is 1. The zero-order chi connectivity index (χ0) is 9.40. The van der Waals surface area contributed by atoms with Crippen molar-refractivity contribution in [1.29, 1.82) is 0 Å². The standard InChI is InChI=1S/C9H20N2O/c1-2-5-9(12)8(11)6-3-4-7-10/h8H,2-7,10-11H2,1H3/t8-/m0/s1. The summed E-state index contributed by atoms with van der Waals surface area (Å²) < 4.78 is 0. The SMILES string of the molecule is CCCC(=O)[C@@H](N)CCCCN. The summed E-state index contributed by atoms with van der Waals surface area (Å²) in [4.78, 5) is 11.2. The highest BCUT2D eigenvalue weighted by Gasteiger charge is 2.10. The highest BCUT2D eigenvalue weighted by molar-refractivity contribution is 5.83. The Morgan fingerprint density at radius 2 is 2.08 bits per heavy atom. The molecule has 0 aliphatic heterocycles. The Morgan fingerprint density at radius 3 is 2.58 bits per heavy atom. The van der Waals surface area contributed by atoms with Crippen molar-refractivity contribution in [2.75, 3.05) is 6.54 Å². The van der Waals surface area contributed by atoms with Gasteiger partial charge in [0.15, 0.2) is 0 Å². The Hall–Kier alpha value is -0.410. The first-order chi connectivity index (χ1) is 5.72. The molecule has 0 unspecified atom stereocenters. The van der Waals surface area contributed by atoms with Crippen molar-refractivity contribution in [3.63, 3.8) is 0 Å². The summed E-state index contributed by atoms with van der Waals surface area (Å²) in [5.41, 5.74) is 11.0. The lowest BCUT2D eigenvalue weighted by Gasteiger charge is -2.08. The third-order valence-electron chi connectivity index (χ3n) is 1.88. The first-order valence-corrected chi connectivity index (χ1v) is 4.70. The van der Waals surface area contributed by atoms with E-state index in [2.05, 4.69) is 0 Å². The summed E-state index contributed by atoms with van der Waals surface area (Å²) in [5, 5.41) is 0. The van der Waals surface area contributed by atoms with Crippen LogP contribution in [-0.4, -0.2) is 18.4 Å². The van der Waals surface area contributed by atoms with Crippen molar-refractivity contribution < 1.29 is 4.79 Å². The van der Waals surface area contributed by atoms with Crippen LogP contribution in [0.3, 0.4) is 0 Å². The minimum absolute atomic E-state index is 0.189. The summed E-state index contributed by atoms with van der Waals surface area (Å²) in [6.45, 7) is 2.68. The normalized spacial score (nSPS) is 12.9. The van der Waals surface area contributed by atoms with Crippen molar-refractivity contribution in [3.8, 4) is 0 Å². The molecule has 0 aromatic rings. The highest BCUT2D eigenvalue weighted by Crippen LogP contribution is 2.02. The van der Waals surface area contributed by atoms with Gasteiger partial charge in [-0.2, -0.15) is 0 Å². The molecule has 0 aliphatic rings. The van der Waals surface area contributed by atoms with Gasteiger partial charge in [-0.25, -0.2) is 0 Å². The average Bonchev–Trinajstić information content (AvgIpc) is 2.05. The molecule has 0 amide bonds. The van der Waals surface area contributed by atoms with Gasteiger partial charge in [-0.3, -0.25) is 4.79 Å². The molecule has 12 heavy (non-hydrogen) atoms. The van der Waals surface area contributed by atoms with Gasteiger partial charge in [-0.05, 0) is 25.8 Å². The fraction of sp³-hybridized carbons (Fsp3) is 0.889. The second-order valence-electron chi connectivity index (χ2n) is 3.11. The van der Waals surface area contributed by atoms with E-state index >= 15 is 0 Å². The largest absolute Gasteiger partial charge is 0.330 e. The Morgan fingerprint density at radius 1 is 1.42 bits per heavy atom. The summed E-state index contributed by atoms with van der Waals surface area (Å²) in [7, 11) is 0. The maximum atomic E-state index is 11.2. The van der Waals surface area contributed by atoms with Crippen molar-refractivity contribution in [3.05, 3.63) is 0 Å². The number of hydrogen-bond acceptors (Lipinski definition) is 3. The molecule has 72 valence electrons. The van der Waals surface area contributed by atoms with Gasteiger partial charge in [0.1, 0.15) is 5.78 Å². The molecule has 0 bridgehead atoms. The van der Waals surface area contributed by atoms with Gasteiger partial charge in [0.25, 0.3) is 0 Å². The van der Waals surface area contributed by atoms with E-state index in [1.165, 1.54) is 0 Å². The van der Waals surface area contributed by atoms with Gasteiger partial charge in [-0.1, -0.05) is 13.3 Å². The monoisotopic (exact) mass is 172 g/mol. The molecule has 0 spiro atoms. The van der Waals surface area contributed by atoms with Gasteiger partial charge >= 0.3 is 0 Å².